The highest BCUT2D eigenvalue weighted by atomic mass is 19.4. The third-order valence-corrected chi connectivity index (χ3v) is 7.33. The van der Waals surface area contributed by atoms with Crippen LogP contribution in [0.1, 0.15) is 76.7 Å². The number of anilines is 1. The number of aryl methyl sites for hydroxylation is 1. The molecule has 0 aliphatic carbocycles. The molecule has 3 atom stereocenters. The first-order valence-electron chi connectivity index (χ1n) is 14.1. The molecule has 1 aliphatic heterocycles. The lowest BCUT2D eigenvalue weighted by molar-refractivity contribution is -0.167. The Kier molecular flexibility index (Phi) is 10.2. The van der Waals surface area contributed by atoms with E-state index in [-0.39, 0.29) is 17.8 Å². The molecule has 1 fully saturated rings. The number of aliphatic hydroxyl groups is 2. The number of carbonyl (C=O) groups excluding carboxylic acids is 1. The summed E-state index contributed by atoms with van der Waals surface area (Å²) >= 11 is 0. The van der Waals surface area contributed by atoms with Crippen LogP contribution in [0.5, 0.6) is 0 Å². The van der Waals surface area contributed by atoms with Gasteiger partial charge in [0.2, 0.25) is 5.71 Å². The first kappa shape index (κ1) is 30.7. The minimum Gasteiger partial charge on any atom is -0.442 e. The lowest BCUT2D eigenvalue weighted by Gasteiger charge is -2.14. The molecule has 0 unspecified atom stereocenters. The number of aliphatic hydroxyl groups excluding tert-OH is 2. The monoisotopic (exact) mass is 579 g/mol. The SMILES string of the molecule is CCCCCCCCCCc1oc2nc(=O)n([C@H]3C[C@H](O)[C@@H](CO)O3)cc2c1-c1ccc(NC(=O)C(F)(F)F)cc1. The summed E-state index contributed by atoms with van der Waals surface area (Å²) < 4.78 is 51.0. The van der Waals surface area contributed by atoms with Crippen molar-refractivity contribution in [1.82, 2.24) is 9.55 Å². The zero-order valence-electron chi connectivity index (χ0n) is 23.0. The maximum atomic E-state index is 12.9. The molecule has 9 nitrogen and oxygen atoms in total. The minimum atomic E-state index is -5.01. The zero-order chi connectivity index (χ0) is 29.6. The maximum absolute atomic E-state index is 12.9. The van der Waals surface area contributed by atoms with Gasteiger partial charge in [-0.05, 0) is 24.1 Å². The molecule has 3 aromatic rings. The number of halogens is 3. The first-order chi connectivity index (χ1) is 19.6. The molecule has 1 aromatic carbocycles. The van der Waals surface area contributed by atoms with Crippen molar-refractivity contribution in [2.75, 3.05) is 11.9 Å². The van der Waals surface area contributed by atoms with Crippen LogP contribution in [0.3, 0.4) is 0 Å². The van der Waals surface area contributed by atoms with Gasteiger partial charge in [-0.15, -0.1) is 0 Å². The van der Waals surface area contributed by atoms with Crippen LogP contribution in [0, 0.1) is 0 Å². The van der Waals surface area contributed by atoms with Crippen LogP contribution in [0.4, 0.5) is 18.9 Å². The molecule has 0 saturated carbocycles. The quantitative estimate of drug-likeness (QED) is 0.229. The van der Waals surface area contributed by atoms with Gasteiger partial charge < -0.3 is 24.7 Å². The number of alkyl halides is 3. The van der Waals surface area contributed by atoms with Gasteiger partial charge >= 0.3 is 17.8 Å². The number of rotatable bonds is 13. The molecule has 4 rings (SSSR count). The van der Waals surface area contributed by atoms with E-state index in [4.69, 9.17) is 9.15 Å². The summed E-state index contributed by atoms with van der Waals surface area (Å²) in [6.45, 7) is 1.78. The van der Waals surface area contributed by atoms with E-state index in [0.717, 1.165) is 25.7 Å². The van der Waals surface area contributed by atoms with Gasteiger partial charge in [0.15, 0.2) is 0 Å². The van der Waals surface area contributed by atoms with Crippen molar-refractivity contribution >= 4 is 22.7 Å². The Labute approximate surface area is 235 Å². The molecule has 0 spiro atoms. The van der Waals surface area contributed by atoms with Crippen LogP contribution in [-0.2, 0) is 16.0 Å². The van der Waals surface area contributed by atoms with Gasteiger partial charge in [-0.25, -0.2) is 4.79 Å². The standard InChI is InChI=1S/C29H36F3N3O6/c1-2-3-4-5-6-7-8-9-10-22-25(18-11-13-19(14-12-18)33-27(38)29(30,31)32)20-16-35(28(39)34-26(20)41-22)24-15-21(37)23(17-36)40-24/h11-14,16,21,23-24,36-37H,2-10,15,17H2,1H3,(H,33,38)/t21-,23+,24+/m0/s1. The Morgan fingerprint density at radius 3 is 2.37 bits per heavy atom. The third-order valence-electron chi connectivity index (χ3n) is 7.33. The molecule has 41 heavy (non-hydrogen) atoms. The molecule has 224 valence electrons. The van der Waals surface area contributed by atoms with Crippen LogP contribution in [0.2, 0.25) is 0 Å². The molecule has 1 saturated heterocycles. The molecule has 2 aromatic heterocycles. The largest absolute Gasteiger partial charge is 0.471 e. The number of amides is 1. The number of carbonyl (C=O) groups is 1. The summed E-state index contributed by atoms with van der Waals surface area (Å²) in [7, 11) is 0. The van der Waals surface area contributed by atoms with Gasteiger partial charge in [0.05, 0.1) is 18.1 Å². The number of unbranched alkanes of at least 4 members (excludes halogenated alkanes) is 7. The van der Waals surface area contributed by atoms with E-state index in [1.807, 2.05) is 5.32 Å². The second-order valence-corrected chi connectivity index (χ2v) is 10.4. The van der Waals surface area contributed by atoms with Crippen LogP contribution < -0.4 is 11.0 Å². The van der Waals surface area contributed by atoms with Crippen LogP contribution in [0.15, 0.2) is 39.7 Å². The van der Waals surface area contributed by atoms with Crippen molar-refractivity contribution in [1.29, 1.82) is 0 Å². The predicted octanol–water partition coefficient (Wildman–Crippen LogP) is 5.48. The second kappa shape index (κ2) is 13.6. The highest BCUT2D eigenvalue weighted by molar-refractivity contribution is 5.96. The number of ether oxygens (including phenoxy) is 1. The van der Waals surface area contributed by atoms with Crippen molar-refractivity contribution in [3.05, 3.63) is 46.7 Å². The first-order valence-corrected chi connectivity index (χ1v) is 14.1. The Hall–Kier alpha value is -3.22. The summed E-state index contributed by atoms with van der Waals surface area (Å²) in [4.78, 5) is 28.3. The molecule has 0 radical (unpaired) electrons. The molecule has 1 aliphatic rings. The molecule has 1 amide bonds. The average molecular weight is 580 g/mol. The number of nitrogens with zero attached hydrogens (tertiary/aromatic N) is 2. The topological polar surface area (TPSA) is 127 Å². The number of nitrogens with one attached hydrogen (secondary N) is 1. The summed E-state index contributed by atoms with van der Waals surface area (Å²) in [6.07, 6.45) is 3.48. The van der Waals surface area contributed by atoms with Gasteiger partial charge in [-0.2, -0.15) is 18.2 Å². The lowest BCUT2D eigenvalue weighted by atomic mass is 9.99. The second-order valence-electron chi connectivity index (χ2n) is 10.4. The highest BCUT2D eigenvalue weighted by Crippen LogP contribution is 2.37. The average Bonchev–Trinajstić information content (AvgIpc) is 3.48. The number of hydrogen-bond acceptors (Lipinski definition) is 7. The van der Waals surface area contributed by atoms with E-state index in [9.17, 15) is 33.0 Å². The summed E-state index contributed by atoms with van der Waals surface area (Å²) in [5, 5.41) is 21.9. The van der Waals surface area contributed by atoms with Crippen molar-refractivity contribution < 1.29 is 37.3 Å². The number of hydrogen-bond donors (Lipinski definition) is 3. The van der Waals surface area contributed by atoms with Crippen LogP contribution >= 0.6 is 0 Å². The highest BCUT2D eigenvalue weighted by Gasteiger charge is 2.39. The molecule has 0 bridgehead atoms. The molecule has 12 heteroatoms. The van der Waals surface area contributed by atoms with E-state index in [1.165, 1.54) is 48.6 Å². The normalized spacial score (nSPS) is 19.2. The Morgan fingerprint density at radius 2 is 1.76 bits per heavy atom. The van der Waals surface area contributed by atoms with Gasteiger partial charge in [0.25, 0.3) is 0 Å². The predicted molar refractivity (Wildman–Crippen MR) is 146 cm³/mol. The minimum absolute atomic E-state index is 0.0214. The Balaban J connectivity index is 1.62. The lowest BCUT2D eigenvalue weighted by Crippen LogP contribution is -2.29. The van der Waals surface area contributed by atoms with Crippen molar-refractivity contribution in [3.63, 3.8) is 0 Å². The van der Waals surface area contributed by atoms with Gasteiger partial charge in [-0.3, -0.25) is 9.36 Å². The number of fused-ring (bicyclic) bond motifs is 1. The van der Waals surface area contributed by atoms with E-state index in [2.05, 4.69) is 11.9 Å². The fourth-order valence-electron chi connectivity index (χ4n) is 5.11. The number of benzene rings is 1. The van der Waals surface area contributed by atoms with E-state index >= 15 is 0 Å². The van der Waals surface area contributed by atoms with Gasteiger partial charge in [0.1, 0.15) is 18.1 Å². The Morgan fingerprint density at radius 1 is 1.10 bits per heavy atom. The van der Waals surface area contributed by atoms with Gasteiger partial charge in [0, 0.05) is 30.3 Å². The number of furan rings is 1. The van der Waals surface area contributed by atoms with Crippen molar-refractivity contribution in [3.8, 4) is 11.1 Å². The summed E-state index contributed by atoms with van der Waals surface area (Å²) in [6, 6.07) is 5.87. The summed E-state index contributed by atoms with van der Waals surface area (Å²) in [5.74, 6) is -1.48. The molecule has 3 heterocycles. The van der Waals surface area contributed by atoms with Crippen LogP contribution in [0.25, 0.3) is 22.2 Å². The van der Waals surface area contributed by atoms with Gasteiger partial charge in [-0.1, -0.05) is 64.0 Å². The molecule has 3 N–H and O–H groups in total. The van der Waals surface area contributed by atoms with Crippen molar-refractivity contribution in [2.45, 2.75) is 95.7 Å². The summed E-state index contributed by atoms with van der Waals surface area (Å²) in [5.41, 5.74) is 0.693. The van der Waals surface area contributed by atoms with Crippen molar-refractivity contribution in [2.24, 2.45) is 0 Å². The maximum Gasteiger partial charge on any atom is 0.471 e. The van der Waals surface area contributed by atoms with E-state index in [0.29, 0.717) is 28.7 Å². The van der Waals surface area contributed by atoms with E-state index in [1.54, 1.807) is 12.1 Å². The van der Waals surface area contributed by atoms with Crippen LogP contribution in [-0.4, -0.2) is 50.7 Å². The Bertz CT molecular complexity index is 1370. The molecular formula is C29H36F3N3O6. The fourth-order valence-corrected chi connectivity index (χ4v) is 5.11. The third kappa shape index (κ3) is 7.55. The zero-order valence-corrected chi connectivity index (χ0v) is 23.0. The number of aromatic nitrogens is 2. The molecular weight excluding hydrogens is 543 g/mol. The van der Waals surface area contributed by atoms with E-state index < -0.39 is 42.8 Å². The fraction of sp³-hybridized carbons (Fsp3) is 0.552. The smallest absolute Gasteiger partial charge is 0.442 e.